The minimum atomic E-state index is 0.787. The Balaban J connectivity index is 1.93. The van der Waals surface area contributed by atoms with Gasteiger partial charge in [0.2, 0.25) is 0 Å². The SMILES string of the molecule is CCCC1CCN(c2c(N)cnc3ccc(Br)cc23)CC1. The minimum Gasteiger partial charge on any atom is -0.396 e. The molecule has 1 aliphatic heterocycles. The summed E-state index contributed by atoms with van der Waals surface area (Å²) in [6.45, 7) is 4.47. The molecule has 0 radical (unpaired) electrons. The van der Waals surface area contributed by atoms with Crippen molar-refractivity contribution in [2.24, 2.45) is 5.92 Å². The molecule has 2 N–H and O–H groups in total. The number of halogens is 1. The topological polar surface area (TPSA) is 42.1 Å². The molecule has 1 saturated heterocycles. The van der Waals surface area contributed by atoms with Crippen LogP contribution in [0, 0.1) is 5.92 Å². The van der Waals surface area contributed by atoms with Crippen LogP contribution in [0.4, 0.5) is 11.4 Å². The number of fused-ring (bicyclic) bond motifs is 1. The lowest BCUT2D eigenvalue weighted by atomic mass is 9.92. The first-order chi connectivity index (χ1) is 10.2. The Morgan fingerprint density at radius 3 is 2.81 bits per heavy atom. The number of nitrogens with zero attached hydrogens (tertiary/aromatic N) is 2. The standard InChI is InChI=1S/C17H22BrN3/c1-2-3-12-6-8-21(9-7-12)17-14-10-13(18)4-5-16(14)20-11-15(17)19/h4-5,10-12H,2-3,6-9,19H2,1H3. The van der Waals surface area contributed by atoms with Crippen LogP contribution in [0.3, 0.4) is 0 Å². The summed E-state index contributed by atoms with van der Waals surface area (Å²) >= 11 is 3.56. The summed E-state index contributed by atoms with van der Waals surface area (Å²) < 4.78 is 1.07. The molecule has 0 unspecified atom stereocenters. The molecule has 2 heterocycles. The van der Waals surface area contributed by atoms with E-state index in [0.29, 0.717) is 0 Å². The second-order valence-corrected chi connectivity index (χ2v) is 6.86. The van der Waals surface area contributed by atoms with Gasteiger partial charge in [-0.1, -0.05) is 35.7 Å². The number of hydrogen-bond donors (Lipinski definition) is 1. The molecule has 1 aliphatic rings. The number of anilines is 2. The zero-order valence-electron chi connectivity index (χ0n) is 12.5. The molecule has 1 aromatic heterocycles. The maximum absolute atomic E-state index is 6.24. The highest BCUT2D eigenvalue weighted by molar-refractivity contribution is 9.10. The van der Waals surface area contributed by atoms with Crippen LogP contribution in [0.5, 0.6) is 0 Å². The van der Waals surface area contributed by atoms with Gasteiger partial charge in [0.05, 0.1) is 23.1 Å². The van der Waals surface area contributed by atoms with Crippen LogP contribution in [0.1, 0.15) is 32.6 Å². The van der Waals surface area contributed by atoms with E-state index in [-0.39, 0.29) is 0 Å². The lowest BCUT2D eigenvalue weighted by Gasteiger charge is -2.34. The van der Waals surface area contributed by atoms with Crippen molar-refractivity contribution in [3.8, 4) is 0 Å². The summed E-state index contributed by atoms with van der Waals surface area (Å²) in [6, 6.07) is 6.21. The molecule has 0 spiro atoms. The summed E-state index contributed by atoms with van der Waals surface area (Å²) in [5, 5.41) is 1.15. The smallest absolute Gasteiger partial charge is 0.0745 e. The third-order valence-corrected chi connectivity index (χ3v) is 4.95. The van der Waals surface area contributed by atoms with Crippen molar-refractivity contribution in [2.45, 2.75) is 32.6 Å². The summed E-state index contributed by atoms with van der Waals surface area (Å²) in [4.78, 5) is 6.89. The van der Waals surface area contributed by atoms with E-state index in [1.807, 2.05) is 12.1 Å². The van der Waals surface area contributed by atoms with Crippen molar-refractivity contribution < 1.29 is 0 Å². The van der Waals surface area contributed by atoms with Crippen LogP contribution in [0.2, 0.25) is 0 Å². The Labute approximate surface area is 134 Å². The van der Waals surface area contributed by atoms with Gasteiger partial charge >= 0.3 is 0 Å². The van der Waals surface area contributed by atoms with Crippen LogP contribution in [0.15, 0.2) is 28.9 Å². The molecule has 0 amide bonds. The van der Waals surface area contributed by atoms with E-state index >= 15 is 0 Å². The first kappa shape index (κ1) is 14.6. The van der Waals surface area contributed by atoms with Gasteiger partial charge in [-0.2, -0.15) is 0 Å². The average Bonchev–Trinajstić information content (AvgIpc) is 2.48. The predicted molar refractivity (Wildman–Crippen MR) is 93.7 cm³/mol. The number of benzene rings is 1. The molecule has 1 fully saturated rings. The quantitative estimate of drug-likeness (QED) is 0.882. The number of aromatic nitrogens is 1. The monoisotopic (exact) mass is 347 g/mol. The Morgan fingerprint density at radius 2 is 2.10 bits per heavy atom. The molecule has 2 aromatic rings. The van der Waals surface area contributed by atoms with Crippen LogP contribution >= 0.6 is 15.9 Å². The molecule has 112 valence electrons. The van der Waals surface area contributed by atoms with Gasteiger partial charge < -0.3 is 10.6 Å². The average molecular weight is 348 g/mol. The van der Waals surface area contributed by atoms with Crippen molar-refractivity contribution in [3.63, 3.8) is 0 Å². The predicted octanol–water partition coefficient (Wildman–Crippen LogP) is 4.60. The van der Waals surface area contributed by atoms with E-state index in [2.05, 4.69) is 38.8 Å². The molecular formula is C17H22BrN3. The van der Waals surface area contributed by atoms with Crippen molar-refractivity contribution >= 4 is 38.2 Å². The van der Waals surface area contributed by atoms with Gasteiger partial charge in [-0.05, 0) is 37.0 Å². The van der Waals surface area contributed by atoms with E-state index in [0.717, 1.165) is 45.8 Å². The maximum Gasteiger partial charge on any atom is 0.0745 e. The highest BCUT2D eigenvalue weighted by atomic mass is 79.9. The summed E-state index contributed by atoms with van der Waals surface area (Å²) in [6.07, 6.45) is 6.98. The first-order valence-electron chi connectivity index (χ1n) is 7.77. The summed E-state index contributed by atoms with van der Waals surface area (Å²) in [7, 11) is 0. The Kier molecular flexibility index (Phi) is 4.34. The second kappa shape index (κ2) is 6.22. The second-order valence-electron chi connectivity index (χ2n) is 5.94. The van der Waals surface area contributed by atoms with E-state index in [9.17, 15) is 0 Å². The summed E-state index contributed by atoms with van der Waals surface area (Å²) in [5.41, 5.74) is 9.20. The number of pyridine rings is 1. The normalized spacial score (nSPS) is 16.6. The lowest BCUT2D eigenvalue weighted by Crippen LogP contribution is -2.34. The zero-order valence-corrected chi connectivity index (χ0v) is 14.1. The number of rotatable bonds is 3. The number of nitrogen functional groups attached to an aromatic ring is 1. The fraction of sp³-hybridized carbons (Fsp3) is 0.471. The van der Waals surface area contributed by atoms with Crippen molar-refractivity contribution in [2.75, 3.05) is 23.7 Å². The van der Waals surface area contributed by atoms with E-state index in [1.54, 1.807) is 6.20 Å². The first-order valence-corrected chi connectivity index (χ1v) is 8.57. The number of piperidine rings is 1. The number of nitrogens with two attached hydrogens (primary N) is 1. The number of hydrogen-bond acceptors (Lipinski definition) is 3. The van der Waals surface area contributed by atoms with Gasteiger partial charge in [-0.15, -0.1) is 0 Å². The van der Waals surface area contributed by atoms with E-state index in [4.69, 9.17) is 5.73 Å². The highest BCUT2D eigenvalue weighted by Crippen LogP contribution is 2.36. The molecule has 3 rings (SSSR count). The zero-order chi connectivity index (χ0) is 14.8. The van der Waals surface area contributed by atoms with E-state index < -0.39 is 0 Å². The molecule has 21 heavy (non-hydrogen) atoms. The van der Waals surface area contributed by atoms with Gasteiger partial charge in [-0.25, -0.2) is 0 Å². The van der Waals surface area contributed by atoms with Gasteiger partial charge in [0.15, 0.2) is 0 Å². The minimum absolute atomic E-state index is 0.787. The van der Waals surface area contributed by atoms with Crippen LogP contribution < -0.4 is 10.6 Å². The van der Waals surface area contributed by atoms with Crippen molar-refractivity contribution in [3.05, 3.63) is 28.9 Å². The largest absolute Gasteiger partial charge is 0.396 e. The molecule has 4 heteroatoms. The van der Waals surface area contributed by atoms with Gasteiger partial charge in [0, 0.05) is 22.9 Å². The summed E-state index contributed by atoms with van der Waals surface area (Å²) in [5.74, 6) is 0.882. The third kappa shape index (κ3) is 3.00. The fourth-order valence-corrected chi connectivity index (χ4v) is 3.73. The molecule has 0 atom stereocenters. The maximum atomic E-state index is 6.24. The van der Waals surface area contributed by atoms with Crippen molar-refractivity contribution in [1.82, 2.24) is 4.98 Å². The lowest BCUT2D eigenvalue weighted by molar-refractivity contribution is 0.379. The Morgan fingerprint density at radius 1 is 1.33 bits per heavy atom. The van der Waals surface area contributed by atoms with Gasteiger partial charge in [0.25, 0.3) is 0 Å². The Hall–Kier alpha value is -1.29. The highest BCUT2D eigenvalue weighted by Gasteiger charge is 2.22. The van der Waals surface area contributed by atoms with E-state index in [1.165, 1.54) is 25.7 Å². The molecule has 0 aliphatic carbocycles. The van der Waals surface area contributed by atoms with Crippen LogP contribution in [0.25, 0.3) is 10.9 Å². The molecule has 3 nitrogen and oxygen atoms in total. The molecule has 0 bridgehead atoms. The molecule has 0 saturated carbocycles. The van der Waals surface area contributed by atoms with Crippen molar-refractivity contribution in [1.29, 1.82) is 0 Å². The van der Waals surface area contributed by atoms with Gasteiger partial charge in [-0.3, -0.25) is 4.98 Å². The molecule has 1 aromatic carbocycles. The third-order valence-electron chi connectivity index (χ3n) is 4.46. The van der Waals surface area contributed by atoms with Crippen LogP contribution in [-0.2, 0) is 0 Å². The fourth-order valence-electron chi connectivity index (χ4n) is 3.37. The van der Waals surface area contributed by atoms with Crippen LogP contribution in [-0.4, -0.2) is 18.1 Å². The Bertz CT molecular complexity index is 628. The van der Waals surface area contributed by atoms with Gasteiger partial charge in [0.1, 0.15) is 0 Å². The molecular weight excluding hydrogens is 326 g/mol.